The van der Waals surface area contributed by atoms with Crippen LogP contribution < -0.4 is 0 Å². The monoisotopic (exact) mass is 327 g/mol. The summed E-state index contributed by atoms with van der Waals surface area (Å²) in [4.78, 5) is 26.5. The highest BCUT2D eigenvalue weighted by Crippen LogP contribution is 2.22. The molecule has 0 spiro atoms. The Hall–Kier alpha value is -1.40. The van der Waals surface area contributed by atoms with Crippen molar-refractivity contribution in [3.8, 4) is 0 Å². The number of rotatable bonds is 4. The van der Waals surface area contributed by atoms with Crippen molar-refractivity contribution in [3.63, 3.8) is 0 Å². The number of Topliss-reactive ketones (excluding diaryl/α,β-unsaturated/α-hetero) is 1. The van der Waals surface area contributed by atoms with Crippen molar-refractivity contribution in [1.29, 1.82) is 0 Å². The number of carbonyl (C=O) groups excluding carboxylic acids is 2. The minimum atomic E-state index is -0.466. The van der Waals surface area contributed by atoms with E-state index in [1.165, 1.54) is 30.5 Å². The highest BCUT2D eigenvalue weighted by Gasteiger charge is 2.12. The molecular weight excluding hydrogens is 318 g/mol. The molecule has 0 aromatic carbocycles. The third-order valence-electron chi connectivity index (χ3n) is 2.28. The Morgan fingerprint density at radius 2 is 2.22 bits per heavy atom. The van der Waals surface area contributed by atoms with Crippen LogP contribution in [0.5, 0.6) is 0 Å². The number of ketones is 1. The molecule has 0 amide bonds. The van der Waals surface area contributed by atoms with Gasteiger partial charge in [-0.25, -0.2) is 4.79 Å². The van der Waals surface area contributed by atoms with Crippen LogP contribution in [0.25, 0.3) is 0 Å². The fraction of sp³-hybridized carbons (Fsp3) is 0.167. The zero-order valence-electron chi connectivity index (χ0n) is 9.53. The number of hydrogen-bond donors (Lipinski definition) is 1. The van der Waals surface area contributed by atoms with Crippen molar-refractivity contribution < 1.29 is 14.3 Å². The van der Waals surface area contributed by atoms with E-state index in [0.717, 1.165) is 8.66 Å². The first kappa shape index (κ1) is 13.0. The molecule has 2 aromatic heterocycles. The molecule has 2 aromatic rings. The summed E-state index contributed by atoms with van der Waals surface area (Å²) in [6.07, 6.45) is 1.50. The number of aromatic nitrogens is 1. The van der Waals surface area contributed by atoms with Gasteiger partial charge in [-0.05, 0) is 41.1 Å². The van der Waals surface area contributed by atoms with Gasteiger partial charge in [0.1, 0.15) is 12.3 Å². The summed E-state index contributed by atoms with van der Waals surface area (Å²) in [7, 11) is 0. The topological polar surface area (TPSA) is 59.2 Å². The molecule has 6 heteroatoms. The number of hydrogen-bond acceptors (Lipinski definition) is 4. The number of halogens is 1. The van der Waals surface area contributed by atoms with Gasteiger partial charge in [-0.2, -0.15) is 0 Å². The number of nitrogens with one attached hydrogen (secondary N) is 1. The number of esters is 1. The van der Waals surface area contributed by atoms with Crippen molar-refractivity contribution in [2.75, 3.05) is 0 Å². The molecule has 0 fully saturated rings. The normalized spacial score (nSPS) is 10.3. The van der Waals surface area contributed by atoms with Crippen LogP contribution in [0, 0.1) is 0 Å². The lowest BCUT2D eigenvalue weighted by Crippen LogP contribution is -2.04. The summed E-state index contributed by atoms with van der Waals surface area (Å²) in [6, 6.07) is 5.28. The van der Waals surface area contributed by atoms with Gasteiger partial charge in [0.15, 0.2) is 5.78 Å². The quantitative estimate of drug-likeness (QED) is 0.691. The van der Waals surface area contributed by atoms with Crippen LogP contribution in [0.2, 0.25) is 0 Å². The molecule has 0 bridgehead atoms. The van der Waals surface area contributed by atoms with E-state index in [2.05, 4.69) is 20.9 Å². The highest BCUT2D eigenvalue weighted by atomic mass is 79.9. The predicted octanol–water partition coefficient (Wildman–Crippen LogP) is 3.40. The molecule has 0 aliphatic rings. The van der Waals surface area contributed by atoms with Crippen molar-refractivity contribution in [1.82, 2.24) is 4.98 Å². The molecule has 18 heavy (non-hydrogen) atoms. The first-order chi connectivity index (χ1) is 8.56. The maximum Gasteiger partial charge on any atom is 0.355 e. The molecule has 0 atom stereocenters. The molecule has 94 valence electrons. The summed E-state index contributed by atoms with van der Waals surface area (Å²) in [6.45, 7) is 1.67. The number of carbonyl (C=O) groups is 2. The van der Waals surface area contributed by atoms with Gasteiger partial charge in [0.25, 0.3) is 0 Å². The fourth-order valence-electron chi connectivity index (χ4n) is 1.36. The zero-order valence-corrected chi connectivity index (χ0v) is 11.9. The van der Waals surface area contributed by atoms with Crippen LogP contribution in [0.1, 0.15) is 32.6 Å². The average molecular weight is 328 g/mol. The molecule has 2 heterocycles. The second kappa shape index (κ2) is 5.49. The van der Waals surface area contributed by atoms with Gasteiger partial charge < -0.3 is 9.72 Å². The van der Waals surface area contributed by atoms with E-state index < -0.39 is 5.97 Å². The molecule has 0 saturated carbocycles. The van der Waals surface area contributed by atoms with Gasteiger partial charge >= 0.3 is 5.97 Å². The first-order valence-electron chi connectivity index (χ1n) is 5.17. The standard InChI is InChI=1S/C12H10BrNO3S/c1-7(15)8-4-10(14-5-8)12(16)17-6-9-2-3-11(13)18-9/h2-5,14H,6H2,1H3. The summed E-state index contributed by atoms with van der Waals surface area (Å²) in [5.74, 6) is -0.556. The predicted molar refractivity (Wildman–Crippen MR) is 71.9 cm³/mol. The molecule has 0 unspecified atom stereocenters. The molecule has 2 rings (SSSR count). The largest absolute Gasteiger partial charge is 0.455 e. The fourth-order valence-corrected chi connectivity index (χ4v) is 2.76. The van der Waals surface area contributed by atoms with Crippen molar-refractivity contribution in [3.05, 3.63) is 44.3 Å². The second-order valence-electron chi connectivity index (χ2n) is 3.64. The third-order valence-corrected chi connectivity index (χ3v) is 3.88. The van der Waals surface area contributed by atoms with Gasteiger partial charge in [0.05, 0.1) is 3.79 Å². The van der Waals surface area contributed by atoms with Crippen molar-refractivity contribution >= 4 is 39.0 Å². The SMILES string of the molecule is CC(=O)c1c[nH]c(C(=O)OCc2ccc(Br)s2)c1. The lowest BCUT2D eigenvalue weighted by atomic mass is 10.2. The van der Waals surface area contributed by atoms with Gasteiger partial charge in [0, 0.05) is 16.6 Å². The maximum absolute atomic E-state index is 11.7. The smallest absolute Gasteiger partial charge is 0.355 e. The van der Waals surface area contributed by atoms with Crippen molar-refractivity contribution in [2.24, 2.45) is 0 Å². The Morgan fingerprint density at radius 3 is 2.78 bits per heavy atom. The number of thiophene rings is 1. The van der Waals surface area contributed by atoms with Gasteiger partial charge in [-0.1, -0.05) is 0 Å². The lowest BCUT2D eigenvalue weighted by Gasteiger charge is -2.00. The Bertz CT molecular complexity index is 588. The molecule has 0 aliphatic heterocycles. The lowest BCUT2D eigenvalue weighted by molar-refractivity contribution is 0.0470. The molecule has 0 aliphatic carbocycles. The molecule has 1 N–H and O–H groups in total. The summed E-state index contributed by atoms with van der Waals surface area (Å²) >= 11 is 4.85. The van der Waals surface area contributed by atoms with E-state index in [9.17, 15) is 9.59 Å². The van der Waals surface area contributed by atoms with E-state index in [1.807, 2.05) is 12.1 Å². The Labute approximate surface area is 116 Å². The van der Waals surface area contributed by atoms with E-state index in [4.69, 9.17) is 4.74 Å². The number of ether oxygens (including phenoxy) is 1. The minimum absolute atomic E-state index is 0.0903. The van der Waals surface area contributed by atoms with Crippen LogP contribution in [0.3, 0.4) is 0 Å². The van der Waals surface area contributed by atoms with Crippen LogP contribution in [0.4, 0.5) is 0 Å². The van der Waals surface area contributed by atoms with E-state index >= 15 is 0 Å². The van der Waals surface area contributed by atoms with E-state index in [1.54, 1.807) is 0 Å². The van der Waals surface area contributed by atoms with Gasteiger partial charge in [-0.3, -0.25) is 4.79 Å². The summed E-state index contributed by atoms with van der Waals surface area (Å²) in [5.41, 5.74) is 0.761. The molecule has 4 nitrogen and oxygen atoms in total. The molecule has 0 saturated heterocycles. The Morgan fingerprint density at radius 1 is 1.44 bits per heavy atom. The van der Waals surface area contributed by atoms with Crippen LogP contribution in [0.15, 0.2) is 28.2 Å². The van der Waals surface area contributed by atoms with Crippen LogP contribution >= 0.6 is 27.3 Å². The summed E-state index contributed by atoms with van der Waals surface area (Å²) < 4.78 is 6.12. The first-order valence-corrected chi connectivity index (χ1v) is 6.78. The molecule has 0 radical (unpaired) electrons. The highest BCUT2D eigenvalue weighted by molar-refractivity contribution is 9.11. The number of H-pyrrole nitrogens is 1. The van der Waals surface area contributed by atoms with Gasteiger partial charge in [-0.15, -0.1) is 11.3 Å². The third kappa shape index (κ3) is 3.08. The van der Waals surface area contributed by atoms with Crippen LogP contribution in [-0.2, 0) is 11.3 Å². The van der Waals surface area contributed by atoms with Crippen molar-refractivity contribution in [2.45, 2.75) is 13.5 Å². The summed E-state index contributed by atoms with van der Waals surface area (Å²) in [5, 5.41) is 0. The average Bonchev–Trinajstić information content (AvgIpc) is 2.94. The van der Waals surface area contributed by atoms with E-state index in [0.29, 0.717) is 5.56 Å². The van der Waals surface area contributed by atoms with E-state index in [-0.39, 0.29) is 18.1 Å². The second-order valence-corrected chi connectivity index (χ2v) is 6.19. The molecular formula is C12H10BrNO3S. The van der Waals surface area contributed by atoms with Crippen LogP contribution in [-0.4, -0.2) is 16.7 Å². The maximum atomic E-state index is 11.7. The Kier molecular flexibility index (Phi) is 3.98. The zero-order chi connectivity index (χ0) is 13.1. The minimum Gasteiger partial charge on any atom is -0.455 e. The Balaban J connectivity index is 1.97. The number of aromatic amines is 1. The van der Waals surface area contributed by atoms with Gasteiger partial charge in [0.2, 0.25) is 0 Å².